The summed E-state index contributed by atoms with van der Waals surface area (Å²) < 4.78 is 0. The largest absolute Gasteiger partial charge is 0.399 e. The second kappa shape index (κ2) is 3.41. The maximum atomic E-state index is 5.75. The second-order valence-corrected chi connectivity index (χ2v) is 2.88. The van der Waals surface area contributed by atoms with E-state index < -0.39 is 0 Å². The molecule has 12 heavy (non-hydrogen) atoms. The molecule has 1 aromatic rings. The first kappa shape index (κ1) is 8.81. The Balaban J connectivity index is 3.04. The standard InChI is InChI=1S/C10H14N2/c1-3-9(11)8-4-5-10(12)7(2)6-8/h3-6,9H,1,11-12H2,2H3/t9-/m0/s1. The molecular weight excluding hydrogens is 148 g/mol. The van der Waals surface area contributed by atoms with E-state index in [0.29, 0.717) is 0 Å². The summed E-state index contributed by atoms with van der Waals surface area (Å²) in [5, 5.41) is 0. The van der Waals surface area contributed by atoms with Crippen LogP contribution in [0.4, 0.5) is 5.69 Å². The van der Waals surface area contributed by atoms with E-state index >= 15 is 0 Å². The molecular formula is C10H14N2. The lowest BCUT2D eigenvalue weighted by Crippen LogP contribution is -2.06. The number of nitrogens with two attached hydrogens (primary N) is 2. The van der Waals surface area contributed by atoms with E-state index in [2.05, 4.69) is 6.58 Å². The fraction of sp³-hybridized carbons (Fsp3) is 0.200. The van der Waals surface area contributed by atoms with Gasteiger partial charge in [-0.1, -0.05) is 18.2 Å². The van der Waals surface area contributed by atoms with Gasteiger partial charge in [-0.2, -0.15) is 0 Å². The highest BCUT2D eigenvalue weighted by Gasteiger charge is 2.01. The first-order valence-corrected chi connectivity index (χ1v) is 3.89. The molecule has 0 aromatic heterocycles. The molecule has 0 bridgehead atoms. The van der Waals surface area contributed by atoms with Gasteiger partial charge in [0, 0.05) is 11.7 Å². The normalized spacial score (nSPS) is 12.5. The minimum atomic E-state index is -0.0932. The van der Waals surface area contributed by atoms with Crippen LogP contribution < -0.4 is 11.5 Å². The minimum absolute atomic E-state index is 0.0932. The van der Waals surface area contributed by atoms with Crippen molar-refractivity contribution in [1.29, 1.82) is 0 Å². The molecule has 1 atom stereocenters. The lowest BCUT2D eigenvalue weighted by atomic mass is 10.0. The predicted octanol–water partition coefficient (Wildman–Crippen LogP) is 1.76. The molecule has 2 nitrogen and oxygen atoms in total. The minimum Gasteiger partial charge on any atom is -0.399 e. The van der Waals surface area contributed by atoms with Crippen molar-refractivity contribution < 1.29 is 0 Å². The van der Waals surface area contributed by atoms with Crippen LogP contribution in [0.5, 0.6) is 0 Å². The molecule has 0 aliphatic rings. The highest BCUT2D eigenvalue weighted by molar-refractivity contribution is 5.48. The van der Waals surface area contributed by atoms with Gasteiger partial charge in [0.15, 0.2) is 0 Å². The van der Waals surface area contributed by atoms with Gasteiger partial charge in [0.2, 0.25) is 0 Å². The maximum Gasteiger partial charge on any atom is 0.0478 e. The zero-order valence-corrected chi connectivity index (χ0v) is 7.25. The molecule has 0 saturated heterocycles. The second-order valence-electron chi connectivity index (χ2n) is 2.88. The summed E-state index contributed by atoms with van der Waals surface area (Å²) >= 11 is 0. The van der Waals surface area contributed by atoms with Gasteiger partial charge in [0.05, 0.1) is 0 Å². The van der Waals surface area contributed by atoms with E-state index in [-0.39, 0.29) is 6.04 Å². The Morgan fingerprint density at radius 1 is 1.50 bits per heavy atom. The van der Waals surface area contributed by atoms with E-state index in [9.17, 15) is 0 Å². The Hall–Kier alpha value is -1.28. The third kappa shape index (κ3) is 1.66. The quantitative estimate of drug-likeness (QED) is 0.514. The maximum absolute atomic E-state index is 5.75. The Bertz CT molecular complexity index is 292. The van der Waals surface area contributed by atoms with Gasteiger partial charge in [-0.3, -0.25) is 0 Å². The lowest BCUT2D eigenvalue weighted by Gasteiger charge is -2.08. The van der Waals surface area contributed by atoms with E-state index in [1.54, 1.807) is 6.08 Å². The average molecular weight is 162 g/mol. The molecule has 0 unspecified atom stereocenters. The van der Waals surface area contributed by atoms with Crippen LogP contribution in [0.25, 0.3) is 0 Å². The molecule has 0 heterocycles. The number of nitrogen functional groups attached to an aromatic ring is 1. The van der Waals surface area contributed by atoms with Crippen molar-refractivity contribution in [3.05, 3.63) is 42.0 Å². The summed E-state index contributed by atoms with van der Waals surface area (Å²) in [5.74, 6) is 0. The molecule has 1 aromatic carbocycles. The Labute approximate surface area is 72.9 Å². The van der Waals surface area contributed by atoms with Gasteiger partial charge in [0.1, 0.15) is 0 Å². The van der Waals surface area contributed by atoms with Crippen molar-refractivity contribution in [2.75, 3.05) is 5.73 Å². The highest BCUT2D eigenvalue weighted by atomic mass is 14.6. The summed E-state index contributed by atoms with van der Waals surface area (Å²) in [4.78, 5) is 0. The fourth-order valence-corrected chi connectivity index (χ4v) is 1.04. The number of benzene rings is 1. The molecule has 0 saturated carbocycles. The van der Waals surface area contributed by atoms with Crippen LogP contribution in [0.3, 0.4) is 0 Å². The van der Waals surface area contributed by atoms with Crippen LogP contribution in [-0.2, 0) is 0 Å². The van der Waals surface area contributed by atoms with Gasteiger partial charge in [-0.05, 0) is 24.1 Å². The van der Waals surface area contributed by atoms with Crippen molar-refractivity contribution in [1.82, 2.24) is 0 Å². The van der Waals surface area contributed by atoms with Crippen LogP contribution in [0.15, 0.2) is 30.9 Å². The van der Waals surface area contributed by atoms with Crippen molar-refractivity contribution in [2.24, 2.45) is 5.73 Å². The van der Waals surface area contributed by atoms with Crippen LogP contribution >= 0.6 is 0 Å². The number of rotatable bonds is 2. The molecule has 64 valence electrons. The smallest absolute Gasteiger partial charge is 0.0478 e. The van der Waals surface area contributed by atoms with Crippen LogP contribution in [-0.4, -0.2) is 0 Å². The summed E-state index contributed by atoms with van der Waals surface area (Å²) in [6, 6.07) is 5.69. The molecule has 4 N–H and O–H groups in total. The first-order valence-electron chi connectivity index (χ1n) is 3.89. The Morgan fingerprint density at radius 2 is 2.17 bits per heavy atom. The van der Waals surface area contributed by atoms with Crippen LogP contribution in [0, 0.1) is 6.92 Å². The zero-order chi connectivity index (χ0) is 9.14. The lowest BCUT2D eigenvalue weighted by molar-refractivity contribution is 0.913. The van der Waals surface area contributed by atoms with Gasteiger partial charge >= 0.3 is 0 Å². The summed E-state index contributed by atoms with van der Waals surface area (Å²) in [6.45, 7) is 5.60. The highest BCUT2D eigenvalue weighted by Crippen LogP contribution is 2.17. The van der Waals surface area contributed by atoms with Crippen molar-refractivity contribution in [3.63, 3.8) is 0 Å². The van der Waals surface area contributed by atoms with Gasteiger partial charge in [-0.15, -0.1) is 6.58 Å². The third-order valence-electron chi connectivity index (χ3n) is 1.93. The summed E-state index contributed by atoms with van der Waals surface area (Å²) in [7, 11) is 0. The van der Waals surface area contributed by atoms with E-state index in [4.69, 9.17) is 11.5 Å². The van der Waals surface area contributed by atoms with Crippen LogP contribution in [0.2, 0.25) is 0 Å². The number of anilines is 1. The number of hydrogen-bond donors (Lipinski definition) is 2. The van der Waals surface area contributed by atoms with Gasteiger partial charge in [0.25, 0.3) is 0 Å². The first-order chi connectivity index (χ1) is 5.65. The molecule has 0 amide bonds. The van der Waals surface area contributed by atoms with Gasteiger partial charge < -0.3 is 11.5 Å². The molecule has 0 aliphatic carbocycles. The Morgan fingerprint density at radius 3 is 2.67 bits per heavy atom. The molecule has 0 spiro atoms. The van der Waals surface area contributed by atoms with Crippen molar-refractivity contribution in [3.8, 4) is 0 Å². The molecule has 1 rings (SSSR count). The van der Waals surface area contributed by atoms with E-state index in [1.165, 1.54) is 0 Å². The zero-order valence-electron chi connectivity index (χ0n) is 7.25. The number of hydrogen-bond acceptors (Lipinski definition) is 2. The SMILES string of the molecule is C=C[C@H](N)c1ccc(N)c(C)c1. The Kier molecular flexibility index (Phi) is 2.51. The molecule has 2 heteroatoms. The van der Waals surface area contributed by atoms with Gasteiger partial charge in [-0.25, -0.2) is 0 Å². The summed E-state index contributed by atoms with van der Waals surface area (Å²) in [5.41, 5.74) is 14.3. The van der Waals surface area contributed by atoms with Crippen LogP contribution in [0.1, 0.15) is 17.2 Å². The van der Waals surface area contributed by atoms with E-state index in [1.807, 2.05) is 25.1 Å². The van der Waals surface area contributed by atoms with Crippen molar-refractivity contribution >= 4 is 5.69 Å². The van der Waals surface area contributed by atoms with E-state index in [0.717, 1.165) is 16.8 Å². The average Bonchev–Trinajstić information content (AvgIpc) is 2.08. The molecule has 0 radical (unpaired) electrons. The number of aryl methyl sites for hydroxylation is 1. The molecule has 0 aliphatic heterocycles. The third-order valence-corrected chi connectivity index (χ3v) is 1.93. The predicted molar refractivity (Wildman–Crippen MR) is 52.7 cm³/mol. The molecule has 0 fully saturated rings. The van der Waals surface area contributed by atoms with Crippen molar-refractivity contribution in [2.45, 2.75) is 13.0 Å². The monoisotopic (exact) mass is 162 g/mol. The summed E-state index contributed by atoms with van der Waals surface area (Å²) in [6.07, 6.45) is 1.71. The topological polar surface area (TPSA) is 52.0 Å². The fourth-order valence-electron chi connectivity index (χ4n) is 1.04.